The summed E-state index contributed by atoms with van der Waals surface area (Å²) in [4.78, 5) is 0. The third-order valence-corrected chi connectivity index (χ3v) is 2.18. The van der Waals surface area contributed by atoms with E-state index in [0.29, 0.717) is 0 Å². The normalized spacial score (nSPS) is 18.6. The Labute approximate surface area is 61.0 Å². The summed E-state index contributed by atoms with van der Waals surface area (Å²) >= 11 is 1.82. The number of allylic oxidation sites excluding steroid dienone is 2. The van der Waals surface area contributed by atoms with E-state index in [1.807, 2.05) is 11.9 Å². The monoisotopic (exact) mass is 143 g/mol. The molecule has 0 amide bonds. The predicted octanol–water partition coefficient (Wildman–Crippen LogP) is 2.31. The molecule has 0 aliphatic carbocycles. The van der Waals surface area contributed by atoms with Crippen LogP contribution in [0, 0.1) is 0 Å². The van der Waals surface area contributed by atoms with E-state index >= 15 is 0 Å². The minimum absolute atomic E-state index is 1.22. The minimum Gasteiger partial charge on any atom is -0.334 e. The van der Waals surface area contributed by atoms with E-state index in [1.54, 1.807) is 0 Å². The van der Waals surface area contributed by atoms with Gasteiger partial charge in [-0.05, 0) is 12.8 Å². The maximum atomic E-state index is 3.30. The van der Waals surface area contributed by atoms with Crippen molar-refractivity contribution in [3.05, 3.63) is 11.8 Å². The van der Waals surface area contributed by atoms with E-state index in [0.717, 1.165) is 0 Å². The first kappa shape index (κ1) is 7.00. The zero-order valence-corrected chi connectivity index (χ0v) is 6.63. The van der Waals surface area contributed by atoms with Crippen molar-refractivity contribution in [1.82, 2.24) is 4.72 Å². The van der Waals surface area contributed by atoms with Crippen LogP contribution in [0.4, 0.5) is 0 Å². The van der Waals surface area contributed by atoms with Gasteiger partial charge in [-0.1, -0.05) is 31.4 Å². The highest BCUT2D eigenvalue weighted by Gasteiger charge is 1.99. The molecule has 0 atom stereocenters. The van der Waals surface area contributed by atoms with Crippen molar-refractivity contribution in [2.45, 2.75) is 26.2 Å². The number of rotatable bonds is 2. The van der Waals surface area contributed by atoms with Crippen molar-refractivity contribution >= 4 is 11.9 Å². The second-order valence-electron chi connectivity index (χ2n) is 2.22. The van der Waals surface area contributed by atoms with Gasteiger partial charge in [0.1, 0.15) is 0 Å². The van der Waals surface area contributed by atoms with Crippen molar-refractivity contribution in [1.29, 1.82) is 0 Å². The van der Waals surface area contributed by atoms with Crippen molar-refractivity contribution < 1.29 is 0 Å². The van der Waals surface area contributed by atoms with E-state index in [2.05, 4.69) is 17.7 Å². The predicted molar refractivity (Wildman–Crippen MR) is 43.2 cm³/mol. The quantitative estimate of drug-likeness (QED) is 0.595. The van der Waals surface area contributed by atoms with Crippen LogP contribution in [0.2, 0.25) is 0 Å². The highest BCUT2D eigenvalue weighted by Crippen LogP contribution is 2.13. The molecule has 0 aromatic carbocycles. The van der Waals surface area contributed by atoms with Crippen LogP contribution in [-0.4, -0.2) is 5.75 Å². The molecule has 1 aliphatic heterocycles. The van der Waals surface area contributed by atoms with Gasteiger partial charge >= 0.3 is 0 Å². The van der Waals surface area contributed by atoms with Crippen LogP contribution in [0.15, 0.2) is 11.8 Å². The van der Waals surface area contributed by atoms with Gasteiger partial charge < -0.3 is 4.72 Å². The summed E-state index contributed by atoms with van der Waals surface area (Å²) in [5, 5.41) is 0. The fraction of sp³-hybridized carbons (Fsp3) is 0.714. The molecule has 1 rings (SSSR count). The zero-order chi connectivity index (χ0) is 6.53. The lowest BCUT2D eigenvalue weighted by Gasteiger charge is -2.12. The van der Waals surface area contributed by atoms with Gasteiger partial charge in [0, 0.05) is 11.4 Å². The van der Waals surface area contributed by atoms with Gasteiger partial charge in [-0.25, -0.2) is 0 Å². The Morgan fingerprint density at radius 1 is 1.78 bits per heavy atom. The first-order chi connectivity index (χ1) is 4.43. The topological polar surface area (TPSA) is 12.0 Å². The molecule has 0 unspecified atom stereocenters. The summed E-state index contributed by atoms with van der Waals surface area (Å²) in [5.41, 5.74) is 1.42. The molecule has 0 fully saturated rings. The van der Waals surface area contributed by atoms with Gasteiger partial charge in [-0.2, -0.15) is 0 Å². The molecule has 0 bridgehead atoms. The van der Waals surface area contributed by atoms with Gasteiger partial charge in [-0.15, -0.1) is 0 Å². The highest BCUT2D eigenvalue weighted by molar-refractivity contribution is 7.97. The van der Waals surface area contributed by atoms with E-state index in [1.165, 1.54) is 30.7 Å². The summed E-state index contributed by atoms with van der Waals surface area (Å²) < 4.78 is 3.30. The molecule has 52 valence electrons. The lowest BCUT2D eigenvalue weighted by Crippen LogP contribution is -2.08. The lowest BCUT2D eigenvalue weighted by molar-refractivity contribution is 0.854. The first-order valence-electron chi connectivity index (χ1n) is 3.50. The van der Waals surface area contributed by atoms with Crippen molar-refractivity contribution in [3.8, 4) is 0 Å². The summed E-state index contributed by atoms with van der Waals surface area (Å²) in [6.07, 6.45) is 6.01. The standard InChI is InChI=1S/C7H13NS/c1-2-4-7-5-3-6-9-8-7/h5,8H,2-4,6H2,1H3. The molecular weight excluding hydrogens is 130 g/mol. The van der Waals surface area contributed by atoms with Gasteiger partial charge in [0.25, 0.3) is 0 Å². The molecule has 0 radical (unpaired) electrons. The Hall–Kier alpha value is -0.110. The summed E-state index contributed by atoms with van der Waals surface area (Å²) in [5.74, 6) is 1.23. The third kappa shape index (κ3) is 2.31. The van der Waals surface area contributed by atoms with Crippen molar-refractivity contribution in [3.63, 3.8) is 0 Å². The lowest BCUT2D eigenvalue weighted by atomic mass is 10.2. The molecule has 1 aliphatic rings. The van der Waals surface area contributed by atoms with E-state index in [4.69, 9.17) is 0 Å². The first-order valence-corrected chi connectivity index (χ1v) is 4.49. The van der Waals surface area contributed by atoms with Crippen molar-refractivity contribution in [2.75, 3.05) is 5.75 Å². The van der Waals surface area contributed by atoms with Crippen LogP contribution >= 0.6 is 11.9 Å². The molecule has 9 heavy (non-hydrogen) atoms. The van der Waals surface area contributed by atoms with Crippen LogP contribution in [-0.2, 0) is 0 Å². The molecule has 0 aromatic heterocycles. The summed E-state index contributed by atoms with van der Waals surface area (Å²) in [7, 11) is 0. The zero-order valence-electron chi connectivity index (χ0n) is 5.81. The largest absolute Gasteiger partial charge is 0.334 e. The molecule has 0 saturated heterocycles. The third-order valence-electron chi connectivity index (χ3n) is 1.33. The fourth-order valence-corrected chi connectivity index (χ4v) is 1.61. The molecule has 0 aromatic rings. The van der Waals surface area contributed by atoms with Crippen LogP contribution in [0.5, 0.6) is 0 Å². The van der Waals surface area contributed by atoms with Gasteiger partial charge in [0.05, 0.1) is 0 Å². The molecule has 1 nitrogen and oxygen atoms in total. The van der Waals surface area contributed by atoms with Crippen LogP contribution in [0.25, 0.3) is 0 Å². The van der Waals surface area contributed by atoms with E-state index < -0.39 is 0 Å². The second kappa shape index (κ2) is 3.83. The van der Waals surface area contributed by atoms with E-state index in [-0.39, 0.29) is 0 Å². The van der Waals surface area contributed by atoms with E-state index in [9.17, 15) is 0 Å². The van der Waals surface area contributed by atoms with Gasteiger partial charge in [0.15, 0.2) is 0 Å². The summed E-state index contributed by atoms with van der Waals surface area (Å²) in [6, 6.07) is 0. The Morgan fingerprint density at radius 3 is 3.22 bits per heavy atom. The Morgan fingerprint density at radius 2 is 2.67 bits per heavy atom. The molecule has 1 N–H and O–H groups in total. The molecule has 2 heteroatoms. The Balaban J connectivity index is 2.28. The molecule has 0 saturated carbocycles. The average molecular weight is 143 g/mol. The van der Waals surface area contributed by atoms with Crippen LogP contribution < -0.4 is 4.72 Å². The second-order valence-corrected chi connectivity index (χ2v) is 3.12. The van der Waals surface area contributed by atoms with Gasteiger partial charge in [0.2, 0.25) is 0 Å². The number of nitrogens with one attached hydrogen (secondary N) is 1. The average Bonchev–Trinajstić information content (AvgIpc) is 1.91. The van der Waals surface area contributed by atoms with Gasteiger partial charge in [-0.3, -0.25) is 0 Å². The maximum absolute atomic E-state index is 3.30. The van der Waals surface area contributed by atoms with Crippen LogP contribution in [0.1, 0.15) is 26.2 Å². The Bertz CT molecular complexity index is 109. The minimum atomic E-state index is 1.22. The smallest absolute Gasteiger partial charge is 0.0171 e. The fourth-order valence-electron chi connectivity index (χ4n) is 0.900. The number of hydrogen-bond donors (Lipinski definition) is 1. The molecular formula is C7H13NS. The molecule has 1 heterocycles. The Kier molecular flexibility index (Phi) is 2.98. The SMILES string of the molecule is CCCC1=CCCSN1. The number of hydrogen-bond acceptors (Lipinski definition) is 2. The molecule has 0 spiro atoms. The maximum Gasteiger partial charge on any atom is 0.0171 e. The van der Waals surface area contributed by atoms with Crippen molar-refractivity contribution in [2.24, 2.45) is 0 Å². The highest BCUT2D eigenvalue weighted by atomic mass is 32.2. The van der Waals surface area contributed by atoms with Crippen LogP contribution in [0.3, 0.4) is 0 Å². The summed E-state index contributed by atoms with van der Waals surface area (Å²) in [6.45, 7) is 2.21.